The normalized spacial score (nSPS) is 10.2. The predicted molar refractivity (Wildman–Crippen MR) is 63.0 cm³/mol. The van der Waals surface area contributed by atoms with Crippen LogP contribution in [-0.2, 0) is 0 Å². The minimum Gasteiger partial charge on any atom is -0.505 e. The molecule has 4 N–H and O–H groups in total. The van der Waals surface area contributed by atoms with Crippen LogP contribution < -0.4 is 11.1 Å². The molecule has 0 fully saturated rings. The van der Waals surface area contributed by atoms with Crippen LogP contribution in [0.2, 0.25) is 0 Å². The zero-order chi connectivity index (χ0) is 12.4. The van der Waals surface area contributed by atoms with E-state index in [1.807, 2.05) is 0 Å². The Kier molecular flexibility index (Phi) is 2.78. The van der Waals surface area contributed by atoms with E-state index in [-0.39, 0.29) is 5.95 Å². The zero-order valence-corrected chi connectivity index (χ0v) is 9.11. The molecular formula is C11H11FN4O. The molecule has 5 nitrogen and oxygen atoms in total. The van der Waals surface area contributed by atoms with Crippen molar-refractivity contribution in [1.29, 1.82) is 0 Å². The fraction of sp³-hybridized carbons (Fsp3) is 0.0909. The summed E-state index contributed by atoms with van der Waals surface area (Å²) < 4.78 is 13.2. The number of benzene rings is 1. The number of hydrogen-bond donors (Lipinski definition) is 3. The van der Waals surface area contributed by atoms with Crippen molar-refractivity contribution in [2.45, 2.75) is 0 Å². The second-order valence-corrected chi connectivity index (χ2v) is 3.41. The summed E-state index contributed by atoms with van der Waals surface area (Å²) >= 11 is 0. The van der Waals surface area contributed by atoms with Crippen LogP contribution in [0.25, 0.3) is 11.3 Å². The SMILES string of the molecule is CNc1cc(-c2ccc(O)c(F)c2)nc(N)n1. The van der Waals surface area contributed by atoms with Gasteiger partial charge in [-0.3, -0.25) is 0 Å². The molecule has 0 radical (unpaired) electrons. The van der Waals surface area contributed by atoms with E-state index in [4.69, 9.17) is 10.8 Å². The number of hydrogen-bond acceptors (Lipinski definition) is 5. The lowest BCUT2D eigenvalue weighted by Crippen LogP contribution is -2.01. The molecule has 17 heavy (non-hydrogen) atoms. The molecule has 0 spiro atoms. The number of aromatic nitrogens is 2. The van der Waals surface area contributed by atoms with Crippen LogP contribution in [0.1, 0.15) is 0 Å². The molecular weight excluding hydrogens is 223 g/mol. The average Bonchev–Trinajstić information content (AvgIpc) is 2.32. The number of nitrogen functional groups attached to an aromatic ring is 1. The smallest absolute Gasteiger partial charge is 0.222 e. The number of anilines is 2. The summed E-state index contributed by atoms with van der Waals surface area (Å²) in [7, 11) is 1.70. The minimum absolute atomic E-state index is 0.0975. The van der Waals surface area contributed by atoms with Crippen LogP contribution in [0.3, 0.4) is 0 Å². The molecule has 1 aromatic heterocycles. The highest BCUT2D eigenvalue weighted by atomic mass is 19.1. The van der Waals surface area contributed by atoms with Gasteiger partial charge >= 0.3 is 0 Å². The Morgan fingerprint density at radius 1 is 1.29 bits per heavy atom. The molecule has 1 aromatic carbocycles. The van der Waals surface area contributed by atoms with Gasteiger partial charge in [-0.05, 0) is 18.2 Å². The van der Waals surface area contributed by atoms with Crippen molar-refractivity contribution in [3.8, 4) is 17.0 Å². The van der Waals surface area contributed by atoms with E-state index in [9.17, 15) is 4.39 Å². The lowest BCUT2D eigenvalue weighted by atomic mass is 10.1. The fourth-order valence-electron chi connectivity index (χ4n) is 1.41. The third-order valence-corrected chi connectivity index (χ3v) is 2.24. The van der Waals surface area contributed by atoms with Crippen LogP contribution in [0, 0.1) is 5.82 Å². The highest BCUT2D eigenvalue weighted by molar-refractivity contribution is 5.64. The summed E-state index contributed by atoms with van der Waals surface area (Å²) in [4.78, 5) is 7.93. The standard InChI is InChI=1S/C11H11FN4O/c1-14-10-5-8(15-11(13)16-10)6-2-3-9(17)7(12)4-6/h2-5,17H,1H3,(H3,13,14,15,16). The van der Waals surface area contributed by atoms with E-state index in [0.717, 1.165) is 0 Å². The topological polar surface area (TPSA) is 84.1 Å². The molecule has 1 heterocycles. The molecule has 0 aliphatic heterocycles. The average molecular weight is 234 g/mol. The first-order chi connectivity index (χ1) is 8.10. The van der Waals surface area contributed by atoms with E-state index >= 15 is 0 Å². The maximum Gasteiger partial charge on any atom is 0.222 e. The summed E-state index contributed by atoms with van der Waals surface area (Å²) in [5.74, 6) is -0.461. The quantitative estimate of drug-likeness (QED) is 0.735. The summed E-state index contributed by atoms with van der Waals surface area (Å²) in [6.45, 7) is 0. The maximum atomic E-state index is 13.2. The molecule has 0 aliphatic rings. The van der Waals surface area contributed by atoms with Gasteiger partial charge in [-0.25, -0.2) is 9.37 Å². The van der Waals surface area contributed by atoms with E-state index in [1.165, 1.54) is 12.1 Å². The van der Waals surface area contributed by atoms with Crippen molar-refractivity contribution in [2.75, 3.05) is 18.1 Å². The number of phenolic OH excluding ortho intramolecular Hbond substituents is 1. The lowest BCUT2D eigenvalue weighted by Gasteiger charge is -2.06. The number of rotatable bonds is 2. The van der Waals surface area contributed by atoms with Crippen molar-refractivity contribution in [2.24, 2.45) is 0 Å². The van der Waals surface area contributed by atoms with Crippen LogP contribution in [0.4, 0.5) is 16.2 Å². The van der Waals surface area contributed by atoms with Crippen molar-refractivity contribution in [3.05, 3.63) is 30.1 Å². The first kappa shape index (κ1) is 11.1. The molecule has 0 amide bonds. The number of phenols is 1. The Hall–Kier alpha value is -2.37. The third-order valence-electron chi connectivity index (χ3n) is 2.24. The Morgan fingerprint density at radius 3 is 2.71 bits per heavy atom. The number of nitrogens with zero attached hydrogens (tertiary/aromatic N) is 2. The van der Waals surface area contributed by atoms with Gasteiger partial charge < -0.3 is 16.2 Å². The lowest BCUT2D eigenvalue weighted by molar-refractivity contribution is 0.432. The maximum absolute atomic E-state index is 13.2. The van der Waals surface area contributed by atoms with E-state index in [1.54, 1.807) is 19.2 Å². The largest absolute Gasteiger partial charge is 0.505 e. The van der Waals surface area contributed by atoms with Gasteiger partial charge in [0.2, 0.25) is 5.95 Å². The third kappa shape index (κ3) is 2.25. The highest BCUT2D eigenvalue weighted by Crippen LogP contribution is 2.25. The van der Waals surface area contributed by atoms with Gasteiger partial charge in [0.25, 0.3) is 0 Å². The van der Waals surface area contributed by atoms with E-state index in [2.05, 4.69) is 15.3 Å². The number of halogens is 1. The van der Waals surface area contributed by atoms with Gasteiger partial charge in [0.05, 0.1) is 5.69 Å². The number of nitrogens with two attached hydrogens (primary N) is 1. The monoisotopic (exact) mass is 234 g/mol. The van der Waals surface area contributed by atoms with Crippen molar-refractivity contribution < 1.29 is 9.50 Å². The van der Waals surface area contributed by atoms with Crippen LogP contribution in [-0.4, -0.2) is 22.1 Å². The second-order valence-electron chi connectivity index (χ2n) is 3.41. The predicted octanol–water partition coefficient (Wildman–Crippen LogP) is 1.61. The number of aromatic hydroxyl groups is 1. The van der Waals surface area contributed by atoms with Gasteiger partial charge in [-0.2, -0.15) is 4.98 Å². The highest BCUT2D eigenvalue weighted by Gasteiger charge is 2.07. The summed E-state index contributed by atoms with van der Waals surface area (Å²) in [6.07, 6.45) is 0. The molecule has 6 heteroatoms. The molecule has 0 unspecified atom stereocenters. The Labute approximate surface area is 97.1 Å². The van der Waals surface area contributed by atoms with Gasteiger partial charge in [0.1, 0.15) is 5.82 Å². The molecule has 0 saturated carbocycles. The second kappa shape index (κ2) is 4.25. The summed E-state index contributed by atoms with van der Waals surface area (Å²) in [6, 6.07) is 5.65. The van der Waals surface area contributed by atoms with Gasteiger partial charge in [-0.15, -0.1) is 0 Å². The van der Waals surface area contributed by atoms with E-state index in [0.29, 0.717) is 17.1 Å². The zero-order valence-electron chi connectivity index (χ0n) is 9.11. The number of nitrogens with one attached hydrogen (secondary N) is 1. The Morgan fingerprint density at radius 2 is 2.06 bits per heavy atom. The molecule has 0 saturated heterocycles. The molecule has 0 aliphatic carbocycles. The van der Waals surface area contributed by atoms with Crippen LogP contribution in [0.5, 0.6) is 5.75 Å². The van der Waals surface area contributed by atoms with Crippen molar-refractivity contribution in [1.82, 2.24) is 9.97 Å². The first-order valence-corrected chi connectivity index (χ1v) is 4.91. The van der Waals surface area contributed by atoms with Gasteiger partial charge in [0.15, 0.2) is 11.6 Å². The van der Waals surface area contributed by atoms with Gasteiger partial charge in [-0.1, -0.05) is 0 Å². The van der Waals surface area contributed by atoms with Gasteiger partial charge in [0, 0.05) is 18.7 Å². The molecule has 88 valence electrons. The molecule has 2 aromatic rings. The Balaban J connectivity index is 2.52. The summed E-state index contributed by atoms with van der Waals surface area (Å²) in [5, 5.41) is 11.9. The molecule has 0 bridgehead atoms. The molecule has 0 atom stereocenters. The van der Waals surface area contributed by atoms with Crippen LogP contribution in [0.15, 0.2) is 24.3 Å². The summed E-state index contributed by atoms with van der Waals surface area (Å²) in [5.41, 5.74) is 6.54. The van der Waals surface area contributed by atoms with E-state index < -0.39 is 11.6 Å². The Bertz CT molecular complexity index is 559. The van der Waals surface area contributed by atoms with Crippen molar-refractivity contribution >= 4 is 11.8 Å². The van der Waals surface area contributed by atoms with Crippen LogP contribution >= 0.6 is 0 Å². The first-order valence-electron chi connectivity index (χ1n) is 4.91. The minimum atomic E-state index is -0.703. The molecule has 2 rings (SSSR count). The van der Waals surface area contributed by atoms with Crippen molar-refractivity contribution in [3.63, 3.8) is 0 Å². The fourth-order valence-corrected chi connectivity index (χ4v) is 1.41.